The molecule has 0 radical (unpaired) electrons. The second-order valence-corrected chi connectivity index (χ2v) is 5.04. The van der Waals surface area contributed by atoms with Crippen molar-refractivity contribution >= 4 is 11.6 Å². The molecular formula is C14H18N2O2. The van der Waals surface area contributed by atoms with Gasteiger partial charge in [0.05, 0.1) is 12.2 Å². The number of ether oxygens (including phenoxy) is 1. The quantitative estimate of drug-likeness (QED) is 0.713. The van der Waals surface area contributed by atoms with E-state index < -0.39 is 0 Å². The Bertz CT molecular complexity index is 473. The van der Waals surface area contributed by atoms with Crippen LogP contribution in [-0.4, -0.2) is 30.0 Å². The summed E-state index contributed by atoms with van der Waals surface area (Å²) in [7, 11) is 0. The summed E-state index contributed by atoms with van der Waals surface area (Å²) in [4.78, 5) is 14.6. The van der Waals surface area contributed by atoms with Crippen LogP contribution in [0.4, 0.5) is 5.69 Å². The van der Waals surface area contributed by atoms with Gasteiger partial charge in [-0.1, -0.05) is 0 Å². The van der Waals surface area contributed by atoms with Crippen molar-refractivity contribution in [1.29, 1.82) is 0 Å². The molecule has 2 aliphatic rings. The molecule has 1 aromatic carbocycles. The summed E-state index contributed by atoms with van der Waals surface area (Å²) in [5, 5.41) is 0. The number of carbonyl (C=O) groups is 1. The van der Waals surface area contributed by atoms with Gasteiger partial charge in [-0.05, 0) is 37.5 Å². The van der Waals surface area contributed by atoms with E-state index in [0.717, 1.165) is 25.8 Å². The Morgan fingerprint density at radius 1 is 1.28 bits per heavy atom. The zero-order valence-electron chi connectivity index (χ0n) is 10.4. The van der Waals surface area contributed by atoms with Crippen molar-refractivity contribution in [2.24, 2.45) is 0 Å². The molecule has 0 spiro atoms. The summed E-state index contributed by atoms with van der Waals surface area (Å²) in [5.41, 5.74) is 7.00. The second-order valence-electron chi connectivity index (χ2n) is 5.04. The van der Waals surface area contributed by atoms with Gasteiger partial charge in [0.1, 0.15) is 5.75 Å². The summed E-state index contributed by atoms with van der Waals surface area (Å²) < 4.78 is 5.70. The normalized spacial score (nSPS) is 23.4. The lowest BCUT2D eigenvalue weighted by molar-refractivity contribution is 0.0549. The van der Waals surface area contributed by atoms with Crippen molar-refractivity contribution in [3.8, 4) is 5.75 Å². The van der Waals surface area contributed by atoms with Crippen molar-refractivity contribution in [2.75, 3.05) is 18.9 Å². The topological polar surface area (TPSA) is 55.6 Å². The third kappa shape index (κ3) is 1.92. The Morgan fingerprint density at radius 2 is 2.17 bits per heavy atom. The molecule has 2 N–H and O–H groups in total. The van der Waals surface area contributed by atoms with Crippen molar-refractivity contribution < 1.29 is 9.53 Å². The van der Waals surface area contributed by atoms with Gasteiger partial charge in [-0.15, -0.1) is 0 Å². The summed E-state index contributed by atoms with van der Waals surface area (Å²) in [6.45, 7) is 1.53. The first-order chi connectivity index (χ1) is 8.75. The second kappa shape index (κ2) is 4.52. The first kappa shape index (κ1) is 11.4. The average molecular weight is 246 g/mol. The monoisotopic (exact) mass is 246 g/mol. The molecule has 2 aliphatic heterocycles. The number of hydrogen-bond donors (Lipinski definition) is 1. The molecule has 1 fully saturated rings. The number of carbonyl (C=O) groups excluding carboxylic acids is 1. The molecule has 4 nitrogen and oxygen atoms in total. The van der Waals surface area contributed by atoms with E-state index in [1.807, 2.05) is 4.90 Å². The summed E-state index contributed by atoms with van der Waals surface area (Å²) in [5.74, 6) is 0.736. The van der Waals surface area contributed by atoms with E-state index >= 15 is 0 Å². The fourth-order valence-corrected chi connectivity index (χ4v) is 2.87. The number of nitrogen functional groups attached to an aromatic ring is 1. The summed E-state index contributed by atoms with van der Waals surface area (Å²) >= 11 is 0. The van der Waals surface area contributed by atoms with Crippen molar-refractivity contribution in [3.63, 3.8) is 0 Å². The largest absolute Gasteiger partial charge is 0.493 e. The molecule has 1 saturated heterocycles. The number of amides is 1. The molecule has 0 saturated carbocycles. The fourth-order valence-electron chi connectivity index (χ4n) is 2.87. The maximum atomic E-state index is 12.6. The fraction of sp³-hybridized carbons (Fsp3) is 0.500. The Balaban J connectivity index is 1.99. The number of rotatable bonds is 0. The van der Waals surface area contributed by atoms with Crippen LogP contribution in [0.1, 0.15) is 36.0 Å². The molecule has 0 bridgehead atoms. The first-order valence-electron chi connectivity index (χ1n) is 6.59. The summed E-state index contributed by atoms with van der Waals surface area (Å²) in [6.07, 6.45) is 4.32. The minimum Gasteiger partial charge on any atom is -0.493 e. The number of nitrogens with two attached hydrogens (primary N) is 1. The number of anilines is 1. The molecular weight excluding hydrogens is 228 g/mol. The third-order valence-corrected chi connectivity index (χ3v) is 3.83. The number of fused-ring (bicyclic) bond motifs is 2. The Morgan fingerprint density at radius 3 is 3.06 bits per heavy atom. The zero-order valence-corrected chi connectivity index (χ0v) is 10.4. The minimum atomic E-state index is 0.0710. The van der Waals surface area contributed by atoms with Gasteiger partial charge >= 0.3 is 0 Å². The van der Waals surface area contributed by atoms with Crippen LogP contribution in [0.2, 0.25) is 0 Å². The van der Waals surface area contributed by atoms with Crippen molar-refractivity contribution in [3.05, 3.63) is 23.8 Å². The number of nitrogens with zero attached hydrogens (tertiary/aromatic N) is 1. The van der Waals surface area contributed by atoms with Crippen LogP contribution in [0.3, 0.4) is 0 Å². The molecule has 0 aromatic heterocycles. The number of benzene rings is 1. The van der Waals surface area contributed by atoms with Gasteiger partial charge in [0.15, 0.2) is 0 Å². The van der Waals surface area contributed by atoms with Gasteiger partial charge in [-0.25, -0.2) is 0 Å². The van der Waals surface area contributed by atoms with Crippen molar-refractivity contribution in [2.45, 2.75) is 31.7 Å². The van der Waals surface area contributed by atoms with Gasteiger partial charge in [0, 0.05) is 24.7 Å². The van der Waals surface area contributed by atoms with E-state index in [2.05, 4.69) is 0 Å². The molecule has 2 heterocycles. The number of hydrogen-bond acceptors (Lipinski definition) is 3. The van der Waals surface area contributed by atoms with Gasteiger partial charge in [0.2, 0.25) is 0 Å². The lowest BCUT2D eigenvalue weighted by Crippen LogP contribution is -2.45. The lowest BCUT2D eigenvalue weighted by Gasteiger charge is -2.37. The van der Waals surface area contributed by atoms with Gasteiger partial charge < -0.3 is 15.4 Å². The molecule has 0 unspecified atom stereocenters. The van der Waals surface area contributed by atoms with Gasteiger partial charge in [-0.2, -0.15) is 0 Å². The predicted molar refractivity (Wildman–Crippen MR) is 69.6 cm³/mol. The van der Waals surface area contributed by atoms with Crippen molar-refractivity contribution in [1.82, 2.24) is 4.90 Å². The molecule has 4 heteroatoms. The highest BCUT2D eigenvalue weighted by Gasteiger charge is 2.30. The molecule has 3 rings (SSSR count). The minimum absolute atomic E-state index is 0.0710. The molecule has 96 valence electrons. The van der Waals surface area contributed by atoms with E-state index in [1.54, 1.807) is 18.2 Å². The average Bonchev–Trinajstić information content (AvgIpc) is 2.38. The Hall–Kier alpha value is -1.71. The summed E-state index contributed by atoms with van der Waals surface area (Å²) in [6, 6.07) is 5.64. The van der Waals surface area contributed by atoms with E-state index in [1.165, 1.54) is 6.42 Å². The maximum absolute atomic E-state index is 12.6. The zero-order chi connectivity index (χ0) is 12.5. The molecule has 1 amide bonds. The molecule has 18 heavy (non-hydrogen) atoms. The third-order valence-electron chi connectivity index (χ3n) is 3.83. The van der Waals surface area contributed by atoms with Crippen LogP contribution in [0.15, 0.2) is 18.2 Å². The van der Waals surface area contributed by atoms with E-state index in [0.29, 0.717) is 29.6 Å². The highest BCUT2D eigenvalue weighted by molar-refractivity contribution is 5.98. The van der Waals surface area contributed by atoms with E-state index in [4.69, 9.17) is 10.5 Å². The predicted octanol–water partition coefficient (Wildman–Crippen LogP) is 2.05. The maximum Gasteiger partial charge on any atom is 0.257 e. The Labute approximate surface area is 107 Å². The highest BCUT2D eigenvalue weighted by atomic mass is 16.5. The van der Waals surface area contributed by atoms with Crippen LogP contribution < -0.4 is 10.5 Å². The Kier molecular flexibility index (Phi) is 2.86. The van der Waals surface area contributed by atoms with Crippen LogP contribution in [-0.2, 0) is 0 Å². The van der Waals surface area contributed by atoms with Crippen LogP contribution in [0, 0.1) is 0 Å². The van der Waals surface area contributed by atoms with E-state index in [9.17, 15) is 4.79 Å². The molecule has 1 aromatic rings. The number of piperidine rings is 1. The van der Waals surface area contributed by atoms with Gasteiger partial charge in [0.25, 0.3) is 5.91 Å². The van der Waals surface area contributed by atoms with E-state index in [-0.39, 0.29) is 5.91 Å². The molecule has 1 atom stereocenters. The smallest absolute Gasteiger partial charge is 0.257 e. The molecule has 0 aliphatic carbocycles. The van der Waals surface area contributed by atoms with Crippen LogP contribution >= 0.6 is 0 Å². The van der Waals surface area contributed by atoms with Crippen LogP contribution in [0.5, 0.6) is 5.75 Å². The first-order valence-corrected chi connectivity index (χ1v) is 6.59. The van der Waals surface area contributed by atoms with Gasteiger partial charge in [-0.3, -0.25) is 4.79 Å². The highest BCUT2D eigenvalue weighted by Crippen LogP contribution is 2.30. The lowest BCUT2D eigenvalue weighted by atomic mass is 9.97. The standard InChI is InChI=1S/C14H18N2O2/c15-10-4-5-13-12(9-10)14(17)16-7-2-1-3-11(16)6-8-18-13/h4-5,9,11H,1-3,6-8,15H2/t11-/m1/s1. The van der Waals surface area contributed by atoms with Crippen LogP contribution in [0.25, 0.3) is 0 Å². The SMILES string of the molecule is Nc1ccc2c(c1)C(=O)N1CCCC[C@@H]1CCO2.